The largest absolute Gasteiger partial charge is 0.494 e. The first-order valence-electron chi connectivity index (χ1n) is 9.83. The standard InChI is InChI=1S/C23H16FN3O6/c1-30-18-5-3-14(8-16(18)24)22-25-23(33-26-22)15-4-7-21(29)27(10-15)11-17(28)13-2-6-19-20(9-13)32-12-31-19/h2-10H,11-12H2,1H3. The minimum Gasteiger partial charge on any atom is -0.494 e. The second-order valence-electron chi connectivity index (χ2n) is 7.15. The van der Waals surface area contributed by atoms with Crippen LogP contribution in [0.4, 0.5) is 4.39 Å². The minimum atomic E-state index is -0.558. The van der Waals surface area contributed by atoms with Crippen LogP contribution in [0.2, 0.25) is 0 Å². The summed E-state index contributed by atoms with van der Waals surface area (Å²) in [6, 6.07) is 12.0. The van der Waals surface area contributed by atoms with Gasteiger partial charge in [0, 0.05) is 23.4 Å². The third-order valence-corrected chi connectivity index (χ3v) is 5.07. The lowest BCUT2D eigenvalue weighted by Crippen LogP contribution is -2.23. The summed E-state index contributed by atoms with van der Waals surface area (Å²) in [7, 11) is 1.37. The SMILES string of the molecule is COc1ccc(-c2noc(-c3ccc(=O)n(CC(=O)c4ccc5c(c4)OCO5)c3)n2)cc1F. The van der Waals surface area contributed by atoms with Crippen LogP contribution in [-0.2, 0) is 6.54 Å². The van der Waals surface area contributed by atoms with Crippen LogP contribution in [0.1, 0.15) is 10.4 Å². The van der Waals surface area contributed by atoms with Crippen LogP contribution in [0.3, 0.4) is 0 Å². The summed E-state index contributed by atoms with van der Waals surface area (Å²) in [5.74, 6) is 0.585. The normalized spacial score (nSPS) is 12.1. The van der Waals surface area contributed by atoms with Crippen LogP contribution in [0.25, 0.3) is 22.8 Å². The van der Waals surface area contributed by atoms with E-state index in [1.807, 2.05) is 0 Å². The van der Waals surface area contributed by atoms with Gasteiger partial charge in [0.15, 0.2) is 28.8 Å². The molecule has 0 fully saturated rings. The molecule has 3 heterocycles. The van der Waals surface area contributed by atoms with Gasteiger partial charge >= 0.3 is 0 Å². The zero-order valence-electron chi connectivity index (χ0n) is 17.3. The van der Waals surface area contributed by atoms with Gasteiger partial charge in [0.25, 0.3) is 11.4 Å². The average Bonchev–Trinajstić information content (AvgIpc) is 3.50. The molecule has 10 heteroatoms. The molecule has 4 aromatic rings. The summed E-state index contributed by atoms with van der Waals surface area (Å²) in [4.78, 5) is 29.3. The van der Waals surface area contributed by atoms with Crippen LogP contribution in [0.15, 0.2) is 64.0 Å². The maximum Gasteiger partial charge on any atom is 0.259 e. The minimum absolute atomic E-state index is 0.0988. The number of ketones is 1. The van der Waals surface area contributed by atoms with E-state index in [2.05, 4.69) is 10.1 Å². The predicted octanol–water partition coefficient (Wildman–Crippen LogP) is 3.32. The molecule has 0 saturated heterocycles. The highest BCUT2D eigenvalue weighted by molar-refractivity contribution is 5.96. The number of aromatic nitrogens is 3. The molecule has 0 spiro atoms. The molecule has 1 aliphatic rings. The van der Waals surface area contributed by atoms with E-state index in [-0.39, 0.29) is 42.1 Å². The van der Waals surface area contributed by atoms with Gasteiger partial charge in [-0.15, -0.1) is 0 Å². The van der Waals surface area contributed by atoms with E-state index < -0.39 is 5.82 Å². The number of ether oxygens (including phenoxy) is 3. The Kier molecular flexibility index (Phi) is 5.09. The smallest absolute Gasteiger partial charge is 0.259 e. The van der Waals surface area contributed by atoms with Gasteiger partial charge < -0.3 is 23.3 Å². The van der Waals surface area contributed by atoms with Crippen molar-refractivity contribution < 1.29 is 27.9 Å². The molecule has 9 nitrogen and oxygen atoms in total. The third-order valence-electron chi connectivity index (χ3n) is 5.07. The third kappa shape index (κ3) is 3.93. The summed E-state index contributed by atoms with van der Waals surface area (Å²) in [5, 5.41) is 3.88. The first-order chi connectivity index (χ1) is 16.0. The van der Waals surface area contributed by atoms with E-state index in [9.17, 15) is 14.0 Å². The lowest BCUT2D eigenvalue weighted by atomic mass is 10.1. The monoisotopic (exact) mass is 449 g/mol. The van der Waals surface area contributed by atoms with Crippen molar-refractivity contribution in [1.82, 2.24) is 14.7 Å². The van der Waals surface area contributed by atoms with Crippen molar-refractivity contribution in [2.24, 2.45) is 0 Å². The lowest BCUT2D eigenvalue weighted by molar-refractivity contribution is 0.0970. The number of halogens is 1. The van der Waals surface area contributed by atoms with Crippen LogP contribution < -0.4 is 19.8 Å². The fourth-order valence-electron chi connectivity index (χ4n) is 3.36. The number of nitrogens with zero attached hydrogens (tertiary/aromatic N) is 3. The number of methoxy groups -OCH3 is 1. The fraction of sp³-hybridized carbons (Fsp3) is 0.130. The van der Waals surface area contributed by atoms with Crippen molar-refractivity contribution in [2.75, 3.05) is 13.9 Å². The second-order valence-corrected chi connectivity index (χ2v) is 7.15. The molecule has 0 unspecified atom stereocenters. The number of hydrogen-bond donors (Lipinski definition) is 0. The molecular weight excluding hydrogens is 433 g/mol. The molecule has 1 aliphatic heterocycles. The van der Waals surface area contributed by atoms with Crippen molar-refractivity contribution in [3.05, 3.63) is 76.5 Å². The Morgan fingerprint density at radius 1 is 1.09 bits per heavy atom. The Morgan fingerprint density at radius 2 is 1.91 bits per heavy atom. The Morgan fingerprint density at radius 3 is 2.73 bits per heavy atom. The van der Waals surface area contributed by atoms with Crippen LogP contribution >= 0.6 is 0 Å². The maximum atomic E-state index is 14.0. The Bertz CT molecular complexity index is 1430. The van der Waals surface area contributed by atoms with Crippen molar-refractivity contribution in [3.8, 4) is 40.1 Å². The Hall–Kier alpha value is -4.47. The van der Waals surface area contributed by atoms with Gasteiger partial charge in [-0.1, -0.05) is 5.16 Å². The molecule has 0 aliphatic carbocycles. The van der Waals surface area contributed by atoms with E-state index in [0.717, 1.165) is 0 Å². The van der Waals surface area contributed by atoms with E-state index in [0.29, 0.717) is 28.2 Å². The van der Waals surface area contributed by atoms with E-state index in [1.54, 1.807) is 24.3 Å². The highest BCUT2D eigenvalue weighted by Gasteiger charge is 2.18. The van der Waals surface area contributed by atoms with Gasteiger partial charge in [-0.05, 0) is 42.5 Å². The highest BCUT2D eigenvalue weighted by atomic mass is 19.1. The molecule has 0 N–H and O–H groups in total. The summed E-state index contributed by atoms with van der Waals surface area (Å²) in [6.07, 6.45) is 1.46. The number of carbonyl (C=O) groups excluding carboxylic acids is 1. The van der Waals surface area contributed by atoms with Crippen molar-refractivity contribution >= 4 is 5.78 Å². The maximum absolute atomic E-state index is 14.0. The van der Waals surface area contributed by atoms with Crippen molar-refractivity contribution in [2.45, 2.75) is 6.54 Å². The van der Waals surface area contributed by atoms with Gasteiger partial charge in [-0.2, -0.15) is 4.98 Å². The number of hydrogen-bond acceptors (Lipinski definition) is 8. The van der Waals surface area contributed by atoms with Gasteiger partial charge in [0.05, 0.1) is 19.2 Å². The molecule has 2 aromatic carbocycles. The second kappa shape index (κ2) is 8.23. The number of carbonyl (C=O) groups is 1. The highest BCUT2D eigenvalue weighted by Crippen LogP contribution is 2.32. The Labute approximate surface area is 186 Å². The summed E-state index contributed by atoms with van der Waals surface area (Å²) in [6.45, 7) is -0.0964. The predicted molar refractivity (Wildman–Crippen MR) is 113 cm³/mol. The average molecular weight is 449 g/mol. The summed E-state index contributed by atoms with van der Waals surface area (Å²) >= 11 is 0. The van der Waals surface area contributed by atoms with E-state index >= 15 is 0 Å². The fourth-order valence-corrected chi connectivity index (χ4v) is 3.36. The van der Waals surface area contributed by atoms with Gasteiger partial charge in [-0.25, -0.2) is 4.39 Å². The molecule has 33 heavy (non-hydrogen) atoms. The van der Waals surface area contributed by atoms with E-state index in [4.69, 9.17) is 18.7 Å². The molecular formula is C23H16FN3O6. The molecule has 0 saturated carbocycles. The van der Waals surface area contributed by atoms with Crippen molar-refractivity contribution in [1.29, 1.82) is 0 Å². The molecule has 0 atom stereocenters. The first-order valence-corrected chi connectivity index (χ1v) is 9.83. The number of pyridine rings is 1. The summed E-state index contributed by atoms with van der Waals surface area (Å²) < 4.78 is 36.0. The van der Waals surface area contributed by atoms with Gasteiger partial charge in [0.1, 0.15) is 0 Å². The molecule has 0 bridgehead atoms. The molecule has 2 aromatic heterocycles. The molecule has 166 valence electrons. The van der Waals surface area contributed by atoms with Crippen LogP contribution in [-0.4, -0.2) is 34.4 Å². The number of fused-ring (bicyclic) bond motifs is 1. The Balaban J connectivity index is 1.39. The van der Waals surface area contributed by atoms with Gasteiger partial charge in [0.2, 0.25) is 12.6 Å². The number of Topliss-reactive ketones (excluding diaryl/α,β-unsaturated/α-hetero) is 1. The van der Waals surface area contributed by atoms with Crippen LogP contribution in [0, 0.1) is 5.82 Å². The van der Waals surface area contributed by atoms with Crippen molar-refractivity contribution in [3.63, 3.8) is 0 Å². The molecule has 0 amide bonds. The first kappa shape index (κ1) is 20.4. The zero-order chi connectivity index (χ0) is 22.9. The van der Waals surface area contributed by atoms with Gasteiger partial charge in [-0.3, -0.25) is 9.59 Å². The van der Waals surface area contributed by atoms with E-state index in [1.165, 1.54) is 42.1 Å². The number of benzene rings is 2. The number of rotatable bonds is 6. The topological polar surface area (TPSA) is 106 Å². The quantitative estimate of drug-likeness (QED) is 0.413. The molecule has 0 radical (unpaired) electrons. The van der Waals surface area contributed by atoms with Crippen LogP contribution in [0.5, 0.6) is 17.2 Å². The zero-order valence-corrected chi connectivity index (χ0v) is 17.3. The summed E-state index contributed by atoms with van der Waals surface area (Å²) in [5.41, 5.74) is 0.846. The lowest BCUT2D eigenvalue weighted by Gasteiger charge is -2.07. The molecule has 5 rings (SSSR count).